The standard InChI is InChI=1S/C15H12ClN3O2S/c1-10-14(20)19(12-6-4-11(16)5-7-12)15(22-10)18-17-9-13-3-2-8-21-13/h2-10H,1H3/b17-9-,18-15+/t10-/m0/s1. The number of anilines is 1. The molecule has 1 amide bonds. The third-order valence-electron chi connectivity index (χ3n) is 3.00. The monoisotopic (exact) mass is 333 g/mol. The van der Waals surface area contributed by atoms with Crippen LogP contribution in [0.25, 0.3) is 0 Å². The summed E-state index contributed by atoms with van der Waals surface area (Å²) in [6.07, 6.45) is 3.06. The fraction of sp³-hybridized carbons (Fsp3) is 0.133. The highest BCUT2D eigenvalue weighted by atomic mass is 35.5. The van der Waals surface area contributed by atoms with Crippen LogP contribution in [0.2, 0.25) is 5.02 Å². The zero-order valence-electron chi connectivity index (χ0n) is 11.6. The second kappa shape index (κ2) is 6.37. The average Bonchev–Trinajstić information content (AvgIpc) is 3.10. The maximum Gasteiger partial charge on any atom is 0.246 e. The number of amidine groups is 1. The van der Waals surface area contributed by atoms with Gasteiger partial charge in [-0.25, -0.2) is 0 Å². The molecule has 2 aromatic rings. The second-order valence-corrected chi connectivity index (χ2v) is 6.30. The van der Waals surface area contributed by atoms with Crippen LogP contribution in [0.5, 0.6) is 0 Å². The molecule has 1 aromatic heterocycles. The third-order valence-corrected chi connectivity index (χ3v) is 4.28. The molecule has 1 aliphatic rings. The van der Waals surface area contributed by atoms with Crippen molar-refractivity contribution in [3.8, 4) is 0 Å². The van der Waals surface area contributed by atoms with Crippen molar-refractivity contribution in [2.24, 2.45) is 10.2 Å². The maximum atomic E-state index is 12.3. The van der Waals surface area contributed by atoms with Gasteiger partial charge in [0.15, 0.2) is 5.17 Å². The SMILES string of the molecule is C[C@@H]1S/C(=N/N=C\c2ccco2)N(c2ccc(Cl)cc2)C1=O. The maximum absolute atomic E-state index is 12.3. The van der Waals surface area contributed by atoms with Crippen molar-refractivity contribution in [3.63, 3.8) is 0 Å². The van der Waals surface area contributed by atoms with Gasteiger partial charge in [0.2, 0.25) is 5.91 Å². The average molecular weight is 334 g/mol. The fourth-order valence-corrected chi connectivity index (χ4v) is 2.98. The van der Waals surface area contributed by atoms with Gasteiger partial charge in [-0.05, 0) is 43.3 Å². The molecule has 1 saturated heterocycles. The predicted molar refractivity (Wildman–Crippen MR) is 89.7 cm³/mol. The number of carbonyl (C=O) groups excluding carboxylic acids is 1. The van der Waals surface area contributed by atoms with Crippen molar-refractivity contribution >= 4 is 46.3 Å². The van der Waals surface area contributed by atoms with Gasteiger partial charge in [0, 0.05) is 5.02 Å². The van der Waals surface area contributed by atoms with Crippen molar-refractivity contribution < 1.29 is 9.21 Å². The van der Waals surface area contributed by atoms with Gasteiger partial charge < -0.3 is 4.42 Å². The van der Waals surface area contributed by atoms with Gasteiger partial charge in [-0.3, -0.25) is 9.69 Å². The molecule has 0 bridgehead atoms. The van der Waals surface area contributed by atoms with Crippen LogP contribution in [0, 0.1) is 0 Å². The Hall–Kier alpha value is -2.05. The van der Waals surface area contributed by atoms with Crippen LogP contribution in [0.15, 0.2) is 57.3 Å². The molecule has 0 aliphatic carbocycles. The number of benzene rings is 1. The van der Waals surface area contributed by atoms with E-state index in [1.165, 1.54) is 18.0 Å². The topological polar surface area (TPSA) is 58.2 Å². The minimum atomic E-state index is -0.201. The normalized spacial score (nSPS) is 20.5. The van der Waals surface area contributed by atoms with Crippen LogP contribution in [-0.4, -0.2) is 22.5 Å². The summed E-state index contributed by atoms with van der Waals surface area (Å²) in [6, 6.07) is 10.6. The Morgan fingerprint density at radius 1 is 1.32 bits per heavy atom. The molecule has 7 heteroatoms. The van der Waals surface area contributed by atoms with Crippen LogP contribution in [0.4, 0.5) is 5.69 Å². The van der Waals surface area contributed by atoms with Gasteiger partial charge >= 0.3 is 0 Å². The number of hydrogen-bond donors (Lipinski definition) is 0. The summed E-state index contributed by atoms with van der Waals surface area (Å²) in [5.74, 6) is 0.573. The highest BCUT2D eigenvalue weighted by Gasteiger charge is 2.36. The number of rotatable bonds is 3. The molecule has 1 aliphatic heterocycles. The smallest absolute Gasteiger partial charge is 0.246 e. The van der Waals surface area contributed by atoms with E-state index < -0.39 is 0 Å². The van der Waals surface area contributed by atoms with Crippen molar-refractivity contribution in [2.45, 2.75) is 12.2 Å². The summed E-state index contributed by atoms with van der Waals surface area (Å²) in [7, 11) is 0. The van der Waals surface area contributed by atoms with Crippen LogP contribution >= 0.6 is 23.4 Å². The summed E-state index contributed by atoms with van der Waals surface area (Å²) >= 11 is 7.25. The number of hydrogen-bond acceptors (Lipinski definition) is 5. The lowest BCUT2D eigenvalue weighted by Gasteiger charge is -2.15. The summed E-state index contributed by atoms with van der Waals surface area (Å²) in [4.78, 5) is 13.9. The van der Waals surface area contributed by atoms with E-state index in [4.69, 9.17) is 16.0 Å². The van der Waals surface area contributed by atoms with E-state index in [0.29, 0.717) is 16.0 Å². The molecule has 0 unspecified atom stereocenters. The molecule has 1 fully saturated rings. The van der Waals surface area contributed by atoms with E-state index in [2.05, 4.69) is 10.2 Å². The van der Waals surface area contributed by atoms with Crippen LogP contribution in [0.1, 0.15) is 12.7 Å². The van der Waals surface area contributed by atoms with E-state index >= 15 is 0 Å². The minimum absolute atomic E-state index is 0.0285. The lowest BCUT2D eigenvalue weighted by atomic mass is 10.3. The minimum Gasteiger partial charge on any atom is -0.463 e. The van der Waals surface area contributed by atoms with Gasteiger partial charge in [0.25, 0.3) is 0 Å². The largest absolute Gasteiger partial charge is 0.463 e. The number of nitrogens with zero attached hydrogens (tertiary/aromatic N) is 3. The number of furan rings is 1. The van der Waals surface area contributed by atoms with E-state index in [0.717, 1.165) is 5.69 Å². The Balaban J connectivity index is 1.88. The van der Waals surface area contributed by atoms with E-state index in [-0.39, 0.29) is 11.2 Å². The highest BCUT2D eigenvalue weighted by Crippen LogP contribution is 2.32. The zero-order chi connectivity index (χ0) is 15.5. The molecule has 0 spiro atoms. The second-order valence-electron chi connectivity index (χ2n) is 4.55. The van der Waals surface area contributed by atoms with Crippen molar-refractivity contribution in [3.05, 3.63) is 53.4 Å². The number of carbonyl (C=O) groups is 1. The van der Waals surface area contributed by atoms with Gasteiger partial charge in [-0.1, -0.05) is 23.4 Å². The Bertz CT molecular complexity index is 726. The molecule has 22 heavy (non-hydrogen) atoms. The Morgan fingerprint density at radius 3 is 2.77 bits per heavy atom. The summed E-state index contributed by atoms with van der Waals surface area (Å²) in [5.41, 5.74) is 0.721. The fourth-order valence-electron chi connectivity index (χ4n) is 1.93. The lowest BCUT2D eigenvalue weighted by molar-refractivity contribution is -0.116. The quantitative estimate of drug-likeness (QED) is 0.634. The van der Waals surface area contributed by atoms with Crippen molar-refractivity contribution in [1.29, 1.82) is 0 Å². The molecule has 0 saturated carbocycles. The first-order chi connectivity index (χ1) is 10.6. The summed E-state index contributed by atoms with van der Waals surface area (Å²) in [5, 5.41) is 9.07. The highest BCUT2D eigenvalue weighted by molar-refractivity contribution is 8.16. The number of amides is 1. The molecule has 1 atom stereocenters. The Morgan fingerprint density at radius 2 is 2.09 bits per heavy atom. The first kappa shape index (κ1) is 14.9. The molecule has 112 valence electrons. The van der Waals surface area contributed by atoms with Crippen molar-refractivity contribution in [1.82, 2.24) is 0 Å². The van der Waals surface area contributed by atoms with Crippen molar-refractivity contribution in [2.75, 3.05) is 4.90 Å². The molecule has 0 N–H and O–H groups in total. The predicted octanol–water partition coefficient (Wildman–Crippen LogP) is 3.79. The van der Waals surface area contributed by atoms with Gasteiger partial charge in [0.1, 0.15) is 5.76 Å². The summed E-state index contributed by atoms with van der Waals surface area (Å²) in [6.45, 7) is 1.84. The molecular formula is C15H12ClN3O2S. The molecule has 2 heterocycles. The van der Waals surface area contributed by atoms with Crippen LogP contribution < -0.4 is 4.90 Å². The van der Waals surface area contributed by atoms with E-state index in [9.17, 15) is 4.79 Å². The molecule has 5 nitrogen and oxygen atoms in total. The van der Waals surface area contributed by atoms with Gasteiger partial charge in [0.05, 0.1) is 23.4 Å². The summed E-state index contributed by atoms with van der Waals surface area (Å²) < 4.78 is 5.14. The Kier molecular flexibility index (Phi) is 4.31. The van der Waals surface area contributed by atoms with Gasteiger partial charge in [-0.2, -0.15) is 5.10 Å². The lowest BCUT2D eigenvalue weighted by Crippen LogP contribution is -2.31. The van der Waals surface area contributed by atoms with E-state index in [1.54, 1.807) is 47.6 Å². The third kappa shape index (κ3) is 3.08. The number of halogens is 1. The zero-order valence-corrected chi connectivity index (χ0v) is 13.2. The van der Waals surface area contributed by atoms with Gasteiger partial charge in [-0.15, -0.1) is 5.10 Å². The van der Waals surface area contributed by atoms with Crippen LogP contribution in [-0.2, 0) is 4.79 Å². The molecule has 0 radical (unpaired) electrons. The van der Waals surface area contributed by atoms with E-state index in [1.807, 2.05) is 6.92 Å². The van der Waals surface area contributed by atoms with Crippen LogP contribution in [0.3, 0.4) is 0 Å². The first-order valence-electron chi connectivity index (χ1n) is 6.56. The molecule has 1 aromatic carbocycles. The molecular weight excluding hydrogens is 322 g/mol. The number of thioether (sulfide) groups is 1. The Labute approximate surface area is 136 Å². The molecule has 3 rings (SSSR count). The first-order valence-corrected chi connectivity index (χ1v) is 7.81.